The summed E-state index contributed by atoms with van der Waals surface area (Å²) in [7, 11) is -3.93. The molecule has 0 aliphatic rings. The summed E-state index contributed by atoms with van der Waals surface area (Å²) < 4.78 is 24.9. The van der Waals surface area contributed by atoms with Gasteiger partial charge in [-0.3, -0.25) is 4.79 Å². The number of fused-ring (bicyclic) bond motifs is 1. The van der Waals surface area contributed by atoms with Crippen molar-refractivity contribution in [2.45, 2.75) is 50.3 Å². The lowest BCUT2D eigenvalue weighted by Gasteiger charge is -2.19. The van der Waals surface area contributed by atoms with E-state index >= 15 is 0 Å². The summed E-state index contributed by atoms with van der Waals surface area (Å²) in [6.07, 6.45) is 3.30. The van der Waals surface area contributed by atoms with Crippen molar-refractivity contribution in [1.29, 1.82) is 0 Å². The van der Waals surface area contributed by atoms with Gasteiger partial charge in [-0.1, -0.05) is 51.1 Å². The maximum atomic E-state index is 12.4. The molecule has 3 aromatic rings. The van der Waals surface area contributed by atoms with Crippen LogP contribution in [0.4, 0.5) is 0 Å². The summed E-state index contributed by atoms with van der Waals surface area (Å²) in [4.78, 5) is 22.0. The molecule has 3 rings (SSSR count). The average Bonchev–Trinajstić information content (AvgIpc) is 3.09. The second-order valence-corrected chi connectivity index (χ2v) is 9.70. The van der Waals surface area contributed by atoms with Crippen molar-refractivity contribution < 1.29 is 18.0 Å². The highest BCUT2D eigenvalue weighted by atomic mass is 32.2. The molecule has 0 radical (unpaired) electrons. The molecule has 154 valence electrons. The number of carbonyl (C=O) groups excluding carboxylic acids is 1. The largest absolute Gasteiger partial charge is 0.361 e. The topological polar surface area (TPSA) is 88.3 Å². The van der Waals surface area contributed by atoms with Gasteiger partial charge in [0.15, 0.2) is 0 Å². The number of sulfonamides is 1. The third-order valence-corrected chi connectivity index (χ3v) is 5.95. The van der Waals surface area contributed by atoms with E-state index in [0.29, 0.717) is 12.8 Å². The highest BCUT2D eigenvalue weighted by Gasteiger charge is 2.20. The van der Waals surface area contributed by atoms with Gasteiger partial charge in [0.25, 0.3) is 10.0 Å². The van der Waals surface area contributed by atoms with Gasteiger partial charge in [0, 0.05) is 23.5 Å². The van der Waals surface area contributed by atoms with Crippen LogP contribution in [0.25, 0.3) is 10.9 Å². The van der Waals surface area contributed by atoms with Gasteiger partial charge in [0.1, 0.15) is 0 Å². The summed E-state index contributed by atoms with van der Waals surface area (Å²) >= 11 is 0. The zero-order valence-electron chi connectivity index (χ0n) is 16.9. The summed E-state index contributed by atoms with van der Waals surface area (Å²) in [5.74, 6) is -0.611. The van der Waals surface area contributed by atoms with E-state index in [4.69, 9.17) is 4.84 Å². The SMILES string of the molecule is CC(C)(C)c1cccc(S(=O)(=O)NOC(=O)CCCc2c[nH]c3ccccc23)c1. The fourth-order valence-electron chi connectivity index (χ4n) is 3.09. The van der Waals surface area contributed by atoms with Gasteiger partial charge in [0.05, 0.1) is 4.90 Å². The van der Waals surface area contributed by atoms with Gasteiger partial charge in [-0.25, -0.2) is 8.42 Å². The molecule has 1 heterocycles. The third-order valence-electron chi connectivity index (χ3n) is 4.78. The number of rotatable bonds is 7. The summed E-state index contributed by atoms with van der Waals surface area (Å²) in [6, 6.07) is 14.6. The van der Waals surface area contributed by atoms with E-state index in [0.717, 1.165) is 22.0 Å². The van der Waals surface area contributed by atoms with Crippen molar-refractivity contribution in [1.82, 2.24) is 9.87 Å². The minimum absolute atomic E-state index is 0.0662. The lowest BCUT2D eigenvalue weighted by Crippen LogP contribution is -2.27. The number of benzene rings is 2. The molecule has 29 heavy (non-hydrogen) atoms. The Kier molecular flexibility index (Phi) is 6.10. The van der Waals surface area contributed by atoms with Crippen molar-refractivity contribution in [3.63, 3.8) is 0 Å². The molecule has 0 fully saturated rings. The van der Waals surface area contributed by atoms with Gasteiger partial charge in [0.2, 0.25) is 0 Å². The van der Waals surface area contributed by atoms with Gasteiger partial charge >= 0.3 is 5.97 Å². The molecule has 7 heteroatoms. The van der Waals surface area contributed by atoms with Crippen LogP contribution in [0, 0.1) is 0 Å². The van der Waals surface area contributed by atoms with Crippen molar-refractivity contribution in [2.24, 2.45) is 0 Å². The molecule has 0 saturated carbocycles. The molecule has 0 saturated heterocycles. The second-order valence-electron chi connectivity index (χ2n) is 8.05. The number of carbonyl (C=O) groups is 1. The first kappa shape index (κ1) is 21.1. The molecule has 6 nitrogen and oxygen atoms in total. The summed E-state index contributed by atoms with van der Waals surface area (Å²) in [5.41, 5.74) is 2.86. The molecule has 0 aliphatic carbocycles. The lowest BCUT2D eigenvalue weighted by atomic mass is 9.87. The van der Waals surface area contributed by atoms with E-state index in [1.165, 1.54) is 6.07 Å². The van der Waals surface area contributed by atoms with Gasteiger partial charge < -0.3 is 9.82 Å². The quantitative estimate of drug-likeness (QED) is 0.567. The van der Waals surface area contributed by atoms with Crippen LogP contribution in [0.15, 0.2) is 59.6 Å². The molecule has 0 bridgehead atoms. The fourth-order valence-corrected chi connectivity index (χ4v) is 3.93. The van der Waals surface area contributed by atoms with Crippen LogP contribution in [0.5, 0.6) is 0 Å². The first-order chi connectivity index (χ1) is 13.7. The van der Waals surface area contributed by atoms with E-state index < -0.39 is 16.0 Å². The average molecular weight is 415 g/mol. The maximum absolute atomic E-state index is 12.4. The highest BCUT2D eigenvalue weighted by molar-refractivity contribution is 7.89. The van der Waals surface area contributed by atoms with E-state index in [1.807, 2.05) is 62.2 Å². The number of aromatic amines is 1. The maximum Gasteiger partial charge on any atom is 0.326 e. The van der Waals surface area contributed by atoms with E-state index in [-0.39, 0.29) is 16.7 Å². The molecule has 1 aromatic heterocycles. The Bertz CT molecular complexity index is 1110. The van der Waals surface area contributed by atoms with Crippen LogP contribution in [-0.4, -0.2) is 19.4 Å². The third kappa shape index (κ3) is 5.25. The van der Waals surface area contributed by atoms with Crippen molar-refractivity contribution in [2.75, 3.05) is 0 Å². The van der Waals surface area contributed by atoms with Crippen molar-refractivity contribution in [3.05, 3.63) is 65.9 Å². The number of aryl methyl sites for hydroxylation is 1. The van der Waals surface area contributed by atoms with Crippen LogP contribution in [-0.2, 0) is 31.5 Å². The minimum atomic E-state index is -3.93. The van der Waals surface area contributed by atoms with Crippen LogP contribution >= 0.6 is 0 Å². The molecular weight excluding hydrogens is 388 g/mol. The number of aromatic nitrogens is 1. The molecule has 0 atom stereocenters. The van der Waals surface area contributed by atoms with Crippen molar-refractivity contribution >= 4 is 26.9 Å². The first-order valence-electron chi connectivity index (χ1n) is 9.54. The highest BCUT2D eigenvalue weighted by Crippen LogP contribution is 2.24. The molecule has 0 amide bonds. The number of hydrogen-bond acceptors (Lipinski definition) is 4. The smallest absolute Gasteiger partial charge is 0.326 e. The normalized spacial score (nSPS) is 12.2. The molecular formula is C22H26N2O4S. The van der Waals surface area contributed by atoms with E-state index in [2.05, 4.69) is 4.98 Å². The van der Waals surface area contributed by atoms with E-state index in [1.54, 1.807) is 12.1 Å². The zero-order valence-corrected chi connectivity index (χ0v) is 17.7. The van der Waals surface area contributed by atoms with Crippen LogP contribution in [0.2, 0.25) is 0 Å². The predicted octanol–water partition coefficient (Wildman–Crippen LogP) is 4.22. The first-order valence-corrected chi connectivity index (χ1v) is 11.0. The number of para-hydroxylation sites is 1. The van der Waals surface area contributed by atoms with Crippen LogP contribution in [0.3, 0.4) is 0 Å². The Labute approximate surface area is 171 Å². The van der Waals surface area contributed by atoms with Crippen LogP contribution in [0.1, 0.15) is 44.7 Å². The Morgan fingerprint density at radius 3 is 2.62 bits per heavy atom. The zero-order chi connectivity index (χ0) is 21.1. The monoisotopic (exact) mass is 414 g/mol. The Morgan fingerprint density at radius 2 is 1.86 bits per heavy atom. The molecule has 2 N–H and O–H groups in total. The molecule has 2 aromatic carbocycles. The number of H-pyrrole nitrogens is 1. The molecule has 0 spiro atoms. The van der Waals surface area contributed by atoms with Crippen LogP contribution < -0.4 is 4.89 Å². The van der Waals surface area contributed by atoms with Crippen molar-refractivity contribution in [3.8, 4) is 0 Å². The summed E-state index contributed by atoms with van der Waals surface area (Å²) in [6.45, 7) is 6.00. The van der Waals surface area contributed by atoms with E-state index in [9.17, 15) is 13.2 Å². The standard InChI is InChI=1S/C22H26N2O4S/c1-22(2,3)17-9-7-10-18(14-17)29(26,27)24-28-21(25)13-6-8-16-15-23-20-12-5-4-11-19(16)20/h4-5,7,9-12,14-15,23-24H,6,8,13H2,1-3H3. The minimum Gasteiger partial charge on any atom is -0.361 e. The Balaban J connectivity index is 1.53. The van der Waals surface area contributed by atoms with Gasteiger partial charge in [-0.15, -0.1) is 0 Å². The lowest BCUT2D eigenvalue weighted by molar-refractivity contribution is -0.147. The Hall–Kier alpha value is -2.64. The predicted molar refractivity (Wildman–Crippen MR) is 113 cm³/mol. The molecule has 0 aliphatic heterocycles. The molecule has 0 unspecified atom stereocenters. The Morgan fingerprint density at radius 1 is 1.10 bits per heavy atom. The summed E-state index contributed by atoms with van der Waals surface area (Å²) in [5, 5.41) is 1.13. The number of hydrogen-bond donors (Lipinski definition) is 2. The van der Waals surface area contributed by atoms with Gasteiger partial charge in [-0.2, -0.15) is 0 Å². The second kappa shape index (κ2) is 8.39. The fraction of sp³-hybridized carbons (Fsp3) is 0.318. The number of nitrogens with one attached hydrogen (secondary N) is 2. The van der Waals surface area contributed by atoms with Gasteiger partial charge in [-0.05, 0) is 52.5 Å².